The molecule has 22 heavy (non-hydrogen) atoms. The first kappa shape index (κ1) is 14.1. The minimum absolute atomic E-state index is 0.207. The van der Waals surface area contributed by atoms with Gasteiger partial charge >= 0.3 is 0 Å². The van der Waals surface area contributed by atoms with Crippen molar-refractivity contribution in [2.24, 2.45) is 7.05 Å². The summed E-state index contributed by atoms with van der Waals surface area (Å²) in [6.07, 6.45) is 1.92. The highest BCUT2D eigenvalue weighted by atomic mass is 35.5. The quantitative estimate of drug-likeness (QED) is 0.741. The van der Waals surface area contributed by atoms with E-state index < -0.39 is 0 Å². The van der Waals surface area contributed by atoms with Crippen LogP contribution in [0.15, 0.2) is 18.3 Å². The third-order valence-corrected chi connectivity index (χ3v) is 4.90. The lowest BCUT2D eigenvalue weighted by Gasteiger charge is -2.22. The first-order valence-corrected chi connectivity index (χ1v) is 7.93. The Morgan fingerprint density at radius 1 is 1.32 bits per heavy atom. The molecule has 1 aliphatic heterocycles. The average molecular weight is 336 g/mol. The highest BCUT2D eigenvalue weighted by Gasteiger charge is 2.26. The Hall–Kier alpha value is -1.56. The number of benzene rings is 1. The highest BCUT2D eigenvalue weighted by Crippen LogP contribution is 2.41. The van der Waals surface area contributed by atoms with Crippen molar-refractivity contribution >= 4 is 34.1 Å². The standard InChI is InChI=1S/C15H15Cl2N5/c1-8-15-12-9(11-3-5-21(2)19-11)7-10(16)13(17)14(12)20-22(15)6-4-18-8/h3,5,7-8,18H,4,6H2,1-2H3. The molecule has 4 rings (SSSR count). The van der Waals surface area contributed by atoms with E-state index in [0.29, 0.717) is 10.0 Å². The summed E-state index contributed by atoms with van der Waals surface area (Å²) in [7, 11) is 1.90. The van der Waals surface area contributed by atoms with Gasteiger partial charge in [0.05, 0.1) is 28.0 Å². The van der Waals surface area contributed by atoms with Crippen LogP contribution in [0.3, 0.4) is 0 Å². The molecule has 1 aliphatic rings. The van der Waals surface area contributed by atoms with Crippen molar-refractivity contribution < 1.29 is 0 Å². The lowest BCUT2D eigenvalue weighted by Crippen LogP contribution is -2.31. The van der Waals surface area contributed by atoms with Crippen LogP contribution in [0.25, 0.3) is 22.2 Å². The first-order valence-electron chi connectivity index (χ1n) is 7.18. The van der Waals surface area contributed by atoms with Crippen LogP contribution < -0.4 is 5.32 Å². The number of hydrogen-bond acceptors (Lipinski definition) is 3. The largest absolute Gasteiger partial charge is 0.307 e. The summed E-state index contributed by atoms with van der Waals surface area (Å²) in [5.74, 6) is 0. The molecule has 0 amide bonds. The van der Waals surface area contributed by atoms with Crippen LogP contribution in [0.5, 0.6) is 0 Å². The SMILES string of the molecule is CC1NCCn2nc3c(Cl)c(Cl)cc(-c4ccn(C)n4)c3c21. The molecule has 7 heteroatoms. The first-order chi connectivity index (χ1) is 10.6. The summed E-state index contributed by atoms with van der Waals surface area (Å²) in [5.41, 5.74) is 3.74. The van der Waals surface area contributed by atoms with E-state index in [1.54, 1.807) is 4.68 Å². The van der Waals surface area contributed by atoms with Gasteiger partial charge in [-0.05, 0) is 19.1 Å². The summed E-state index contributed by atoms with van der Waals surface area (Å²) in [6.45, 7) is 3.85. The molecule has 0 aliphatic carbocycles. The van der Waals surface area contributed by atoms with E-state index in [4.69, 9.17) is 23.2 Å². The average Bonchev–Trinajstić information content (AvgIpc) is 3.08. The third-order valence-electron chi connectivity index (χ3n) is 4.12. The zero-order valence-electron chi connectivity index (χ0n) is 12.3. The van der Waals surface area contributed by atoms with Crippen LogP contribution in [0.1, 0.15) is 18.7 Å². The molecule has 2 aromatic heterocycles. The third kappa shape index (κ3) is 1.96. The van der Waals surface area contributed by atoms with Crippen molar-refractivity contribution in [3.8, 4) is 11.3 Å². The van der Waals surface area contributed by atoms with Gasteiger partial charge in [-0.2, -0.15) is 10.2 Å². The Balaban J connectivity index is 2.12. The maximum absolute atomic E-state index is 6.40. The Morgan fingerprint density at radius 2 is 2.14 bits per heavy atom. The van der Waals surface area contributed by atoms with Crippen LogP contribution in [0.4, 0.5) is 0 Å². The molecule has 1 unspecified atom stereocenters. The van der Waals surface area contributed by atoms with E-state index in [2.05, 4.69) is 22.4 Å². The van der Waals surface area contributed by atoms with Crippen LogP contribution in [0, 0.1) is 0 Å². The second-order valence-electron chi connectivity index (χ2n) is 5.60. The minimum Gasteiger partial charge on any atom is -0.307 e. The molecular weight excluding hydrogens is 321 g/mol. The molecule has 114 valence electrons. The van der Waals surface area contributed by atoms with Gasteiger partial charge < -0.3 is 5.32 Å². The molecule has 1 atom stereocenters. The van der Waals surface area contributed by atoms with E-state index in [9.17, 15) is 0 Å². The monoisotopic (exact) mass is 335 g/mol. The normalized spacial score (nSPS) is 17.9. The fraction of sp³-hybridized carbons (Fsp3) is 0.333. The molecule has 0 saturated heterocycles. The Labute approximate surface area is 137 Å². The van der Waals surface area contributed by atoms with Crippen LogP contribution in [-0.2, 0) is 13.6 Å². The van der Waals surface area contributed by atoms with E-state index in [0.717, 1.165) is 40.9 Å². The molecule has 0 spiro atoms. The van der Waals surface area contributed by atoms with Gasteiger partial charge in [-0.1, -0.05) is 23.2 Å². The van der Waals surface area contributed by atoms with Gasteiger partial charge in [-0.25, -0.2) is 0 Å². The molecule has 0 bridgehead atoms. The summed E-state index contributed by atoms with van der Waals surface area (Å²) >= 11 is 12.7. The molecule has 0 radical (unpaired) electrons. The minimum atomic E-state index is 0.207. The summed E-state index contributed by atoms with van der Waals surface area (Å²) in [4.78, 5) is 0. The van der Waals surface area contributed by atoms with Crippen molar-refractivity contribution in [2.45, 2.75) is 19.5 Å². The zero-order valence-corrected chi connectivity index (χ0v) is 13.8. The maximum atomic E-state index is 6.40. The van der Waals surface area contributed by atoms with Gasteiger partial charge in [0.25, 0.3) is 0 Å². The Morgan fingerprint density at radius 3 is 2.86 bits per heavy atom. The zero-order chi connectivity index (χ0) is 15.4. The molecule has 0 fully saturated rings. The number of rotatable bonds is 1. The lowest BCUT2D eigenvalue weighted by atomic mass is 10.0. The second kappa shape index (κ2) is 4.98. The summed E-state index contributed by atoms with van der Waals surface area (Å²) in [5, 5.41) is 14.7. The molecule has 1 N–H and O–H groups in total. The van der Waals surface area contributed by atoms with E-state index in [1.807, 2.05) is 30.1 Å². The molecule has 5 nitrogen and oxygen atoms in total. The van der Waals surface area contributed by atoms with Crippen molar-refractivity contribution in [3.05, 3.63) is 34.1 Å². The Bertz CT molecular complexity index is 880. The predicted octanol–water partition coefficient (Wildman–Crippen LogP) is 3.41. The smallest absolute Gasteiger partial charge is 0.113 e. The number of aromatic nitrogens is 4. The molecule has 0 saturated carbocycles. The van der Waals surface area contributed by atoms with E-state index in [-0.39, 0.29) is 6.04 Å². The summed E-state index contributed by atoms with van der Waals surface area (Å²) < 4.78 is 3.81. The number of halogens is 2. The topological polar surface area (TPSA) is 47.7 Å². The highest BCUT2D eigenvalue weighted by molar-refractivity contribution is 6.45. The van der Waals surface area contributed by atoms with Gasteiger partial charge in [-0.15, -0.1) is 0 Å². The fourth-order valence-corrected chi connectivity index (χ4v) is 3.51. The van der Waals surface area contributed by atoms with Crippen molar-refractivity contribution in [2.75, 3.05) is 6.54 Å². The van der Waals surface area contributed by atoms with Crippen LogP contribution in [0.2, 0.25) is 10.0 Å². The summed E-state index contributed by atoms with van der Waals surface area (Å²) in [6, 6.07) is 4.07. The number of aryl methyl sites for hydroxylation is 1. The number of hydrogen-bond donors (Lipinski definition) is 1. The maximum Gasteiger partial charge on any atom is 0.113 e. The van der Waals surface area contributed by atoms with Gasteiger partial charge in [0.2, 0.25) is 0 Å². The van der Waals surface area contributed by atoms with Crippen molar-refractivity contribution in [1.82, 2.24) is 24.9 Å². The molecule has 1 aromatic carbocycles. The van der Waals surface area contributed by atoms with Crippen molar-refractivity contribution in [1.29, 1.82) is 0 Å². The number of nitrogens with zero attached hydrogens (tertiary/aromatic N) is 4. The number of nitrogens with one attached hydrogen (secondary N) is 1. The van der Waals surface area contributed by atoms with Gasteiger partial charge in [0.1, 0.15) is 5.52 Å². The molecule has 3 heterocycles. The predicted molar refractivity (Wildman–Crippen MR) is 88.4 cm³/mol. The number of fused-ring (bicyclic) bond motifs is 3. The molecular formula is C15H15Cl2N5. The molecule has 3 aromatic rings. The van der Waals surface area contributed by atoms with Crippen molar-refractivity contribution in [3.63, 3.8) is 0 Å². The fourth-order valence-electron chi connectivity index (χ4n) is 3.12. The van der Waals surface area contributed by atoms with E-state index in [1.165, 1.54) is 0 Å². The van der Waals surface area contributed by atoms with Gasteiger partial charge in [0, 0.05) is 36.8 Å². The second-order valence-corrected chi connectivity index (χ2v) is 6.39. The lowest BCUT2D eigenvalue weighted by molar-refractivity contribution is 0.423. The van der Waals surface area contributed by atoms with Gasteiger partial charge in [-0.3, -0.25) is 9.36 Å². The van der Waals surface area contributed by atoms with E-state index >= 15 is 0 Å². The van der Waals surface area contributed by atoms with Gasteiger partial charge in [0.15, 0.2) is 0 Å². The van der Waals surface area contributed by atoms with Crippen LogP contribution in [-0.4, -0.2) is 26.1 Å². The van der Waals surface area contributed by atoms with Crippen LogP contribution >= 0.6 is 23.2 Å². The Kier molecular flexibility index (Phi) is 3.18.